The van der Waals surface area contributed by atoms with Crippen molar-refractivity contribution in [3.8, 4) is 5.75 Å². The number of anilines is 1. The van der Waals surface area contributed by atoms with Gasteiger partial charge in [-0.1, -0.05) is 17.3 Å². The first-order chi connectivity index (χ1) is 13.7. The van der Waals surface area contributed by atoms with Gasteiger partial charge in [-0.2, -0.15) is 0 Å². The Bertz CT molecular complexity index is 1070. The van der Waals surface area contributed by atoms with Crippen LogP contribution in [0.1, 0.15) is 11.1 Å². The van der Waals surface area contributed by atoms with E-state index in [4.69, 9.17) is 9.26 Å². The Kier molecular flexibility index (Phi) is 4.33. The molecule has 2 N–H and O–H groups in total. The molecule has 0 radical (unpaired) electrons. The SMILES string of the molecule is Fc1cccc(F)c1SNc1noc2cc(CN3C=CCN3)c3c(c12)OCC3. The van der Waals surface area contributed by atoms with Gasteiger partial charge in [0.1, 0.15) is 22.8 Å². The van der Waals surface area contributed by atoms with Crippen LogP contribution in [0.2, 0.25) is 0 Å². The van der Waals surface area contributed by atoms with Gasteiger partial charge in [0.05, 0.1) is 18.0 Å². The molecule has 0 aliphatic carbocycles. The standard InChI is InChI=1S/C19H16F2N4O2S/c20-13-3-1-4-14(21)18(13)28-24-19-16-15(27-23-19)9-11(10-25-7-2-6-22-25)12-5-8-26-17(12)16/h1-4,7,9,22H,5-6,8,10H2,(H,23,24). The fourth-order valence-corrected chi connectivity index (χ4v) is 4.11. The van der Waals surface area contributed by atoms with Crippen molar-refractivity contribution in [2.45, 2.75) is 17.9 Å². The lowest BCUT2D eigenvalue weighted by molar-refractivity contribution is 0.298. The molecule has 6 nitrogen and oxygen atoms in total. The molecule has 2 aliphatic heterocycles. The zero-order chi connectivity index (χ0) is 19.1. The van der Waals surface area contributed by atoms with Gasteiger partial charge in [0.2, 0.25) is 0 Å². The van der Waals surface area contributed by atoms with Crippen molar-refractivity contribution in [1.29, 1.82) is 0 Å². The van der Waals surface area contributed by atoms with Crippen LogP contribution in [0.5, 0.6) is 5.75 Å². The molecule has 0 amide bonds. The molecule has 0 atom stereocenters. The van der Waals surface area contributed by atoms with Crippen LogP contribution < -0.4 is 14.9 Å². The second-order valence-electron chi connectivity index (χ2n) is 6.48. The Hall–Kier alpha value is -2.78. The molecule has 0 fully saturated rings. The van der Waals surface area contributed by atoms with Crippen molar-refractivity contribution in [2.75, 3.05) is 17.9 Å². The fraction of sp³-hybridized carbons (Fsp3) is 0.211. The van der Waals surface area contributed by atoms with E-state index in [1.807, 2.05) is 23.4 Å². The van der Waals surface area contributed by atoms with E-state index < -0.39 is 11.6 Å². The lowest BCUT2D eigenvalue weighted by Gasteiger charge is -2.17. The monoisotopic (exact) mass is 402 g/mol. The first kappa shape index (κ1) is 17.3. The van der Waals surface area contributed by atoms with Crippen LogP contribution in [-0.2, 0) is 13.0 Å². The molecule has 1 aromatic heterocycles. The summed E-state index contributed by atoms with van der Waals surface area (Å²) in [5.74, 6) is -0.180. The summed E-state index contributed by atoms with van der Waals surface area (Å²) in [5.41, 5.74) is 6.00. The molecule has 3 heterocycles. The summed E-state index contributed by atoms with van der Waals surface area (Å²) in [6.45, 7) is 2.06. The number of nitrogens with zero attached hydrogens (tertiary/aromatic N) is 2. The molecule has 2 aromatic carbocycles. The van der Waals surface area contributed by atoms with Gasteiger partial charge >= 0.3 is 0 Å². The van der Waals surface area contributed by atoms with Crippen molar-refractivity contribution in [3.63, 3.8) is 0 Å². The van der Waals surface area contributed by atoms with Crippen molar-refractivity contribution >= 4 is 28.7 Å². The van der Waals surface area contributed by atoms with Crippen LogP contribution >= 0.6 is 11.9 Å². The highest BCUT2D eigenvalue weighted by Gasteiger charge is 2.26. The quantitative estimate of drug-likeness (QED) is 0.626. The van der Waals surface area contributed by atoms with E-state index >= 15 is 0 Å². The normalized spacial score (nSPS) is 15.3. The number of halogens is 2. The third kappa shape index (κ3) is 2.96. The van der Waals surface area contributed by atoms with Crippen LogP contribution in [0.3, 0.4) is 0 Å². The maximum Gasteiger partial charge on any atom is 0.191 e. The molecule has 0 saturated heterocycles. The van der Waals surface area contributed by atoms with E-state index in [0.717, 1.165) is 36.0 Å². The summed E-state index contributed by atoms with van der Waals surface area (Å²) in [6.07, 6.45) is 4.84. The van der Waals surface area contributed by atoms with Gasteiger partial charge in [0.25, 0.3) is 0 Å². The molecule has 2 aliphatic rings. The van der Waals surface area contributed by atoms with Crippen LogP contribution in [0.4, 0.5) is 14.6 Å². The number of hydrogen-bond donors (Lipinski definition) is 2. The maximum atomic E-state index is 13.9. The molecule has 9 heteroatoms. The summed E-state index contributed by atoms with van der Waals surface area (Å²) in [4.78, 5) is -0.125. The lowest BCUT2D eigenvalue weighted by atomic mass is 10.0. The minimum atomic E-state index is -0.639. The second kappa shape index (κ2) is 6.99. The smallest absolute Gasteiger partial charge is 0.191 e. The first-order valence-corrected chi connectivity index (χ1v) is 9.63. The zero-order valence-corrected chi connectivity index (χ0v) is 15.5. The molecule has 144 valence electrons. The highest BCUT2D eigenvalue weighted by Crippen LogP contribution is 2.42. The van der Waals surface area contributed by atoms with Crippen LogP contribution in [0.15, 0.2) is 46.0 Å². The predicted octanol–water partition coefficient (Wildman–Crippen LogP) is 3.99. The molecule has 3 aromatic rings. The average Bonchev–Trinajstić information content (AvgIpc) is 3.41. The van der Waals surface area contributed by atoms with Gasteiger partial charge in [-0.3, -0.25) is 0 Å². The van der Waals surface area contributed by atoms with E-state index in [1.165, 1.54) is 18.2 Å². The molecule has 0 bridgehead atoms. The van der Waals surface area contributed by atoms with Crippen LogP contribution in [-0.4, -0.2) is 23.3 Å². The number of hydrazine groups is 1. The van der Waals surface area contributed by atoms with Crippen molar-refractivity contribution in [2.24, 2.45) is 0 Å². The lowest BCUT2D eigenvalue weighted by Crippen LogP contribution is -2.28. The summed E-state index contributed by atoms with van der Waals surface area (Å²) >= 11 is 0.817. The predicted molar refractivity (Wildman–Crippen MR) is 102 cm³/mol. The molecule has 28 heavy (non-hydrogen) atoms. The van der Waals surface area contributed by atoms with E-state index in [0.29, 0.717) is 35.7 Å². The van der Waals surface area contributed by atoms with Gasteiger partial charge in [0.15, 0.2) is 11.4 Å². The number of rotatable bonds is 5. The van der Waals surface area contributed by atoms with Gasteiger partial charge in [-0.25, -0.2) is 14.2 Å². The molecule has 0 spiro atoms. The Morgan fingerprint density at radius 2 is 2.14 bits per heavy atom. The number of nitrogens with one attached hydrogen (secondary N) is 2. The van der Waals surface area contributed by atoms with Crippen molar-refractivity contribution < 1.29 is 18.0 Å². The van der Waals surface area contributed by atoms with Crippen molar-refractivity contribution in [3.05, 3.63) is 59.3 Å². The average molecular weight is 402 g/mol. The maximum absolute atomic E-state index is 13.9. The molecule has 5 rings (SSSR count). The van der Waals surface area contributed by atoms with E-state index in [2.05, 4.69) is 15.3 Å². The Balaban J connectivity index is 1.48. The zero-order valence-electron chi connectivity index (χ0n) is 14.7. The van der Waals surface area contributed by atoms with Gasteiger partial charge in [-0.15, -0.1) is 0 Å². The van der Waals surface area contributed by atoms with Gasteiger partial charge in [0, 0.05) is 24.7 Å². The van der Waals surface area contributed by atoms with Crippen LogP contribution in [0.25, 0.3) is 11.0 Å². The second-order valence-corrected chi connectivity index (χ2v) is 7.29. The topological polar surface area (TPSA) is 62.6 Å². The third-order valence-electron chi connectivity index (χ3n) is 4.72. The van der Waals surface area contributed by atoms with E-state index in [-0.39, 0.29) is 4.90 Å². The first-order valence-electron chi connectivity index (χ1n) is 8.81. The third-order valence-corrected chi connectivity index (χ3v) is 5.61. The van der Waals surface area contributed by atoms with Crippen molar-refractivity contribution in [1.82, 2.24) is 15.6 Å². The number of aromatic nitrogens is 1. The molecular formula is C19H16F2N4O2S. The summed E-state index contributed by atoms with van der Waals surface area (Å²) in [5, 5.41) is 6.74. The minimum absolute atomic E-state index is 0.125. The number of hydrogen-bond acceptors (Lipinski definition) is 7. The fourth-order valence-electron chi connectivity index (χ4n) is 3.44. The van der Waals surface area contributed by atoms with E-state index in [1.54, 1.807) is 0 Å². The van der Waals surface area contributed by atoms with Crippen LogP contribution in [0, 0.1) is 11.6 Å². The van der Waals surface area contributed by atoms with E-state index in [9.17, 15) is 8.78 Å². The number of ether oxygens (including phenoxy) is 1. The molecule has 0 saturated carbocycles. The summed E-state index contributed by atoms with van der Waals surface area (Å²) < 4.78 is 42.0. The minimum Gasteiger partial charge on any atom is -0.492 e. The highest BCUT2D eigenvalue weighted by molar-refractivity contribution is 8.00. The summed E-state index contributed by atoms with van der Waals surface area (Å²) in [6, 6.07) is 5.69. The Morgan fingerprint density at radius 1 is 1.29 bits per heavy atom. The number of fused-ring (bicyclic) bond motifs is 3. The largest absolute Gasteiger partial charge is 0.492 e. The van der Waals surface area contributed by atoms with Gasteiger partial charge < -0.3 is 19.0 Å². The Labute approximate surface area is 163 Å². The molecule has 0 unspecified atom stereocenters. The number of benzene rings is 2. The highest BCUT2D eigenvalue weighted by atomic mass is 32.2. The Morgan fingerprint density at radius 3 is 2.93 bits per heavy atom. The van der Waals surface area contributed by atoms with Gasteiger partial charge in [-0.05, 0) is 35.7 Å². The molecular weight excluding hydrogens is 386 g/mol. The summed E-state index contributed by atoms with van der Waals surface area (Å²) in [7, 11) is 0.